The van der Waals surface area contributed by atoms with Crippen LogP contribution >= 0.6 is 0 Å². The molecule has 6 nitrogen and oxygen atoms in total. The maximum absolute atomic E-state index is 12.7. The molecule has 1 aromatic carbocycles. The van der Waals surface area contributed by atoms with Gasteiger partial charge in [0.15, 0.2) is 11.3 Å². The molecule has 2 heterocycles. The first-order valence-electron chi connectivity index (χ1n) is 7.41. The van der Waals surface area contributed by atoms with E-state index in [1.807, 2.05) is 0 Å². The first-order chi connectivity index (χ1) is 12.2. The standard InChI is InChI=1S/C17H13F3N2O4/c1-26-16(25)13-14(23)12-3-2-8-21(12)22(15(13)24)9-10-4-6-11(7-5-10)17(18,19)20/h2-8,23H,9H2,1H3. The van der Waals surface area contributed by atoms with Gasteiger partial charge in [0.1, 0.15) is 5.52 Å². The van der Waals surface area contributed by atoms with Gasteiger partial charge < -0.3 is 9.84 Å². The molecule has 0 amide bonds. The highest BCUT2D eigenvalue weighted by Crippen LogP contribution is 2.29. The van der Waals surface area contributed by atoms with Crippen molar-refractivity contribution in [2.75, 3.05) is 7.11 Å². The van der Waals surface area contributed by atoms with Gasteiger partial charge in [-0.05, 0) is 29.8 Å². The molecule has 1 N–H and O–H groups in total. The van der Waals surface area contributed by atoms with Crippen molar-refractivity contribution in [1.29, 1.82) is 0 Å². The Bertz CT molecular complexity index is 1030. The van der Waals surface area contributed by atoms with Crippen molar-refractivity contribution in [3.63, 3.8) is 0 Å². The summed E-state index contributed by atoms with van der Waals surface area (Å²) < 4.78 is 45.0. The van der Waals surface area contributed by atoms with Crippen LogP contribution in [-0.4, -0.2) is 27.4 Å². The average molecular weight is 366 g/mol. The number of carbonyl (C=O) groups excluding carboxylic acids is 1. The van der Waals surface area contributed by atoms with Crippen LogP contribution in [0.3, 0.4) is 0 Å². The number of halogens is 3. The van der Waals surface area contributed by atoms with E-state index in [1.165, 1.54) is 28.9 Å². The monoisotopic (exact) mass is 366 g/mol. The maximum atomic E-state index is 12.7. The first-order valence-corrected chi connectivity index (χ1v) is 7.41. The minimum Gasteiger partial charge on any atom is -0.505 e. The lowest BCUT2D eigenvalue weighted by atomic mass is 10.1. The van der Waals surface area contributed by atoms with E-state index in [9.17, 15) is 27.9 Å². The van der Waals surface area contributed by atoms with Crippen molar-refractivity contribution >= 4 is 11.5 Å². The van der Waals surface area contributed by atoms with Gasteiger partial charge in [0.2, 0.25) is 0 Å². The lowest BCUT2D eigenvalue weighted by Gasteiger charge is -2.14. The molecule has 0 saturated heterocycles. The highest BCUT2D eigenvalue weighted by Gasteiger charge is 2.30. The Morgan fingerprint density at radius 2 is 1.85 bits per heavy atom. The highest BCUT2D eigenvalue weighted by atomic mass is 19.4. The van der Waals surface area contributed by atoms with E-state index < -0.39 is 34.6 Å². The predicted molar refractivity (Wildman–Crippen MR) is 85.2 cm³/mol. The third-order valence-electron chi connectivity index (χ3n) is 3.92. The Kier molecular flexibility index (Phi) is 4.23. The molecule has 0 spiro atoms. The number of fused-ring (bicyclic) bond motifs is 1. The topological polar surface area (TPSA) is 72.9 Å². The minimum atomic E-state index is -4.46. The Labute approximate surface area is 144 Å². The Morgan fingerprint density at radius 1 is 1.19 bits per heavy atom. The van der Waals surface area contributed by atoms with Gasteiger partial charge in [-0.1, -0.05) is 12.1 Å². The van der Waals surface area contributed by atoms with E-state index >= 15 is 0 Å². The van der Waals surface area contributed by atoms with Crippen molar-refractivity contribution < 1.29 is 27.8 Å². The van der Waals surface area contributed by atoms with Crippen molar-refractivity contribution in [2.24, 2.45) is 0 Å². The number of ether oxygens (including phenoxy) is 1. The number of rotatable bonds is 3. The van der Waals surface area contributed by atoms with Crippen LogP contribution in [0.25, 0.3) is 5.52 Å². The lowest BCUT2D eigenvalue weighted by Crippen LogP contribution is -2.31. The zero-order valence-electron chi connectivity index (χ0n) is 13.4. The van der Waals surface area contributed by atoms with Gasteiger partial charge in [0.25, 0.3) is 5.56 Å². The summed E-state index contributed by atoms with van der Waals surface area (Å²) in [6, 6.07) is 7.36. The van der Waals surface area contributed by atoms with E-state index in [2.05, 4.69) is 4.74 Å². The molecule has 0 atom stereocenters. The predicted octanol–water partition coefficient (Wildman–Crippen LogP) is 2.66. The third-order valence-corrected chi connectivity index (χ3v) is 3.92. The summed E-state index contributed by atoms with van der Waals surface area (Å²) in [5, 5.41) is 10.2. The minimum absolute atomic E-state index is 0.105. The maximum Gasteiger partial charge on any atom is 0.416 e. The van der Waals surface area contributed by atoms with Gasteiger partial charge in [-0.15, -0.1) is 0 Å². The molecule has 3 rings (SSSR count). The molecule has 0 fully saturated rings. The summed E-state index contributed by atoms with van der Waals surface area (Å²) in [7, 11) is 1.07. The smallest absolute Gasteiger partial charge is 0.416 e. The quantitative estimate of drug-likeness (QED) is 0.724. The van der Waals surface area contributed by atoms with Crippen LogP contribution in [0.1, 0.15) is 21.5 Å². The van der Waals surface area contributed by atoms with Crippen molar-refractivity contribution in [1.82, 2.24) is 9.20 Å². The lowest BCUT2D eigenvalue weighted by molar-refractivity contribution is -0.137. The first kappa shape index (κ1) is 17.6. The molecular formula is C17H13F3N2O4. The molecular weight excluding hydrogens is 353 g/mol. The van der Waals surface area contributed by atoms with Crippen LogP contribution in [0.5, 0.6) is 5.75 Å². The van der Waals surface area contributed by atoms with Crippen LogP contribution < -0.4 is 5.56 Å². The molecule has 0 aliphatic carbocycles. The Morgan fingerprint density at radius 3 is 2.42 bits per heavy atom. The van der Waals surface area contributed by atoms with Gasteiger partial charge >= 0.3 is 12.1 Å². The molecule has 0 saturated carbocycles. The molecule has 2 aromatic heterocycles. The number of nitrogens with zero attached hydrogens (tertiary/aromatic N) is 2. The number of aromatic nitrogens is 2. The van der Waals surface area contributed by atoms with Crippen LogP contribution in [0.15, 0.2) is 47.4 Å². The van der Waals surface area contributed by atoms with E-state index in [0.29, 0.717) is 5.56 Å². The number of hydrogen-bond acceptors (Lipinski definition) is 4. The van der Waals surface area contributed by atoms with E-state index in [-0.39, 0.29) is 12.1 Å². The van der Waals surface area contributed by atoms with Gasteiger partial charge in [-0.25, -0.2) is 9.48 Å². The average Bonchev–Trinajstić information content (AvgIpc) is 3.08. The van der Waals surface area contributed by atoms with Gasteiger partial charge in [0, 0.05) is 6.20 Å². The molecule has 9 heteroatoms. The molecule has 0 aliphatic rings. The zero-order chi connectivity index (χ0) is 19.1. The van der Waals surface area contributed by atoms with Gasteiger partial charge in [0.05, 0.1) is 19.2 Å². The molecule has 136 valence electrons. The molecule has 26 heavy (non-hydrogen) atoms. The SMILES string of the molecule is COC(=O)c1c(O)c2cccn2n(Cc2ccc(C(F)(F)F)cc2)c1=O. The summed E-state index contributed by atoms with van der Waals surface area (Å²) in [5.74, 6) is -1.52. The Hall–Kier alpha value is -3.23. The van der Waals surface area contributed by atoms with Gasteiger partial charge in [-0.2, -0.15) is 13.2 Å². The zero-order valence-corrected chi connectivity index (χ0v) is 13.4. The number of alkyl halides is 3. The fourth-order valence-corrected chi connectivity index (χ4v) is 2.63. The van der Waals surface area contributed by atoms with Crippen molar-refractivity contribution in [3.8, 4) is 5.75 Å². The fraction of sp³-hybridized carbons (Fsp3) is 0.176. The molecule has 0 radical (unpaired) electrons. The number of aromatic hydroxyl groups is 1. The summed E-state index contributed by atoms with van der Waals surface area (Å²) in [6.45, 7) is -0.105. The number of methoxy groups -OCH3 is 1. The third kappa shape index (κ3) is 2.92. The molecule has 3 aromatic rings. The van der Waals surface area contributed by atoms with Crippen LogP contribution in [0, 0.1) is 0 Å². The summed E-state index contributed by atoms with van der Waals surface area (Å²) in [4.78, 5) is 24.5. The normalized spacial score (nSPS) is 11.7. The van der Waals surface area contributed by atoms with Crippen LogP contribution in [0.2, 0.25) is 0 Å². The van der Waals surface area contributed by atoms with E-state index in [1.54, 1.807) is 6.07 Å². The van der Waals surface area contributed by atoms with Gasteiger partial charge in [-0.3, -0.25) is 9.31 Å². The highest BCUT2D eigenvalue weighted by molar-refractivity contribution is 5.94. The number of hydrogen-bond donors (Lipinski definition) is 1. The van der Waals surface area contributed by atoms with Crippen LogP contribution in [0.4, 0.5) is 13.2 Å². The Balaban J connectivity index is 2.12. The largest absolute Gasteiger partial charge is 0.505 e. The van der Waals surface area contributed by atoms with E-state index in [0.717, 1.165) is 23.9 Å². The fourth-order valence-electron chi connectivity index (χ4n) is 2.63. The molecule has 0 unspecified atom stereocenters. The van der Waals surface area contributed by atoms with E-state index in [4.69, 9.17) is 0 Å². The van der Waals surface area contributed by atoms with Crippen LogP contribution in [-0.2, 0) is 17.5 Å². The second kappa shape index (κ2) is 6.25. The summed E-state index contributed by atoms with van der Waals surface area (Å²) >= 11 is 0. The molecule has 0 bridgehead atoms. The summed E-state index contributed by atoms with van der Waals surface area (Å²) in [6.07, 6.45) is -2.97. The summed E-state index contributed by atoms with van der Waals surface area (Å²) in [5.41, 5.74) is -1.56. The second-order valence-corrected chi connectivity index (χ2v) is 5.51. The number of esters is 1. The number of carbonyl (C=O) groups is 1. The van der Waals surface area contributed by atoms with Crippen molar-refractivity contribution in [2.45, 2.75) is 12.7 Å². The second-order valence-electron chi connectivity index (χ2n) is 5.51. The number of benzene rings is 1. The molecule has 0 aliphatic heterocycles. The van der Waals surface area contributed by atoms with Crippen molar-refractivity contribution in [3.05, 3.63) is 69.6 Å².